The van der Waals surface area contributed by atoms with Crippen molar-refractivity contribution >= 4 is 16.9 Å². The zero-order valence-electron chi connectivity index (χ0n) is 8.88. The van der Waals surface area contributed by atoms with Gasteiger partial charge in [0.2, 0.25) is 6.54 Å². The van der Waals surface area contributed by atoms with Crippen LogP contribution in [0.15, 0.2) is 30.3 Å². The molecule has 1 aromatic heterocycles. The first-order chi connectivity index (χ1) is 8.16. The van der Waals surface area contributed by atoms with Gasteiger partial charge in [0.05, 0.1) is 0 Å². The zero-order chi connectivity index (χ0) is 12.3. The van der Waals surface area contributed by atoms with E-state index < -0.39 is 10.9 Å². The Morgan fingerprint density at radius 1 is 1.41 bits per heavy atom. The molecule has 0 saturated heterocycles. The van der Waals surface area contributed by atoms with Gasteiger partial charge in [-0.05, 0) is 12.1 Å². The Bertz CT molecular complexity index is 528. The van der Waals surface area contributed by atoms with E-state index in [9.17, 15) is 14.9 Å². The molecule has 6 heteroatoms. The molecule has 0 bridgehead atoms. The van der Waals surface area contributed by atoms with Crippen LogP contribution in [0, 0.1) is 10.1 Å². The molecule has 1 aromatic carbocycles. The quantitative estimate of drug-likeness (QED) is 0.494. The Morgan fingerprint density at radius 2 is 2.18 bits per heavy atom. The van der Waals surface area contributed by atoms with E-state index in [1.807, 2.05) is 24.3 Å². The van der Waals surface area contributed by atoms with Gasteiger partial charge in [0.15, 0.2) is 6.61 Å². The van der Waals surface area contributed by atoms with E-state index in [-0.39, 0.29) is 13.2 Å². The van der Waals surface area contributed by atoms with Gasteiger partial charge in [-0.25, -0.2) is 4.79 Å². The summed E-state index contributed by atoms with van der Waals surface area (Å²) in [5.41, 5.74) is 1.13. The number of nitrogens with zero attached hydrogens (tertiary/aromatic N) is 1. The van der Waals surface area contributed by atoms with Gasteiger partial charge in [-0.2, -0.15) is 0 Å². The number of hydrogen-bond acceptors (Lipinski definition) is 4. The minimum Gasteiger partial charge on any atom is -0.454 e. The van der Waals surface area contributed by atoms with E-state index in [1.54, 1.807) is 6.07 Å². The molecule has 0 atom stereocenters. The number of aromatic amines is 1. The van der Waals surface area contributed by atoms with Gasteiger partial charge in [-0.3, -0.25) is 10.1 Å². The number of carbonyl (C=O) groups is 1. The number of nitrogens with one attached hydrogen (secondary N) is 1. The fourth-order valence-corrected chi connectivity index (χ4v) is 1.47. The van der Waals surface area contributed by atoms with Crippen LogP contribution in [0.5, 0.6) is 0 Å². The summed E-state index contributed by atoms with van der Waals surface area (Å²) in [7, 11) is 0. The molecule has 0 fully saturated rings. The Balaban J connectivity index is 2.06. The third kappa shape index (κ3) is 2.60. The maximum Gasteiger partial charge on any atom is 0.355 e. The molecule has 0 aliphatic rings. The number of hydrogen-bond donors (Lipinski definition) is 1. The van der Waals surface area contributed by atoms with Crippen LogP contribution in [-0.2, 0) is 4.74 Å². The smallest absolute Gasteiger partial charge is 0.355 e. The molecule has 6 nitrogen and oxygen atoms in total. The van der Waals surface area contributed by atoms with Gasteiger partial charge in [0.25, 0.3) is 0 Å². The maximum absolute atomic E-state index is 11.5. The number of ether oxygens (including phenoxy) is 1. The second-order valence-electron chi connectivity index (χ2n) is 3.46. The Morgan fingerprint density at radius 3 is 2.88 bits per heavy atom. The first-order valence-electron chi connectivity index (χ1n) is 5.03. The SMILES string of the molecule is O=C(OCC[N+](=O)[O-])c1cc2ccccc2[nH]1. The summed E-state index contributed by atoms with van der Waals surface area (Å²) in [5.74, 6) is -0.581. The largest absolute Gasteiger partial charge is 0.454 e. The van der Waals surface area contributed by atoms with Crippen molar-refractivity contribution in [3.63, 3.8) is 0 Å². The van der Waals surface area contributed by atoms with Crippen LogP contribution in [0.1, 0.15) is 10.5 Å². The van der Waals surface area contributed by atoms with Crippen LogP contribution in [0.2, 0.25) is 0 Å². The number of H-pyrrole nitrogens is 1. The second-order valence-corrected chi connectivity index (χ2v) is 3.46. The molecule has 0 spiro atoms. The summed E-state index contributed by atoms with van der Waals surface area (Å²) in [4.78, 5) is 23.9. The summed E-state index contributed by atoms with van der Waals surface area (Å²) in [6, 6.07) is 9.06. The fourth-order valence-electron chi connectivity index (χ4n) is 1.47. The summed E-state index contributed by atoms with van der Waals surface area (Å²) < 4.78 is 4.76. The Kier molecular flexibility index (Phi) is 3.04. The monoisotopic (exact) mass is 234 g/mol. The minimum absolute atomic E-state index is 0.221. The lowest BCUT2D eigenvalue weighted by atomic mass is 10.2. The summed E-state index contributed by atoms with van der Waals surface area (Å²) in [5, 5.41) is 11.0. The van der Waals surface area contributed by atoms with Gasteiger partial charge in [0.1, 0.15) is 5.69 Å². The lowest BCUT2D eigenvalue weighted by molar-refractivity contribution is -0.482. The minimum atomic E-state index is -0.581. The molecular formula is C11H10N2O4. The molecule has 1 N–H and O–H groups in total. The maximum atomic E-state index is 11.5. The predicted molar refractivity (Wildman–Crippen MR) is 60.4 cm³/mol. The van der Waals surface area contributed by atoms with Gasteiger partial charge >= 0.3 is 5.97 Å². The average molecular weight is 234 g/mol. The lowest BCUT2D eigenvalue weighted by Gasteiger charge is -1.98. The number of fused-ring (bicyclic) bond motifs is 1. The van der Waals surface area contributed by atoms with Crippen molar-refractivity contribution in [3.05, 3.63) is 46.1 Å². The number of aromatic nitrogens is 1. The molecule has 2 aromatic rings. The molecule has 1 heterocycles. The van der Waals surface area contributed by atoms with E-state index in [0.29, 0.717) is 5.69 Å². The third-order valence-electron chi connectivity index (χ3n) is 2.26. The number of esters is 1. The van der Waals surface area contributed by atoms with Crippen molar-refractivity contribution in [2.24, 2.45) is 0 Å². The van der Waals surface area contributed by atoms with Crippen LogP contribution in [0.4, 0.5) is 0 Å². The van der Waals surface area contributed by atoms with Gasteiger partial charge in [-0.1, -0.05) is 18.2 Å². The average Bonchev–Trinajstić information content (AvgIpc) is 2.71. The highest BCUT2D eigenvalue weighted by atomic mass is 16.6. The Hall–Kier alpha value is -2.37. The van der Waals surface area contributed by atoms with Crippen LogP contribution >= 0.6 is 0 Å². The van der Waals surface area contributed by atoms with Crippen LogP contribution in [-0.4, -0.2) is 29.0 Å². The van der Waals surface area contributed by atoms with E-state index in [2.05, 4.69) is 4.98 Å². The van der Waals surface area contributed by atoms with Crippen molar-refractivity contribution in [1.29, 1.82) is 0 Å². The van der Waals surface area contributed by atoms with E-state index >= 15 is 0 Å². The summed E-state index contributed by atoms with van der Waals surface area (Å²) in [6.45, 7) is -0.604. The molecule has 17 heavy (non-hydrogen) atoms. The molecular weight excluding hydrogens is 224 g/mol. The second kappa shape index (κ2) is 4.65. The predicted octanol–water partition coefficient (Wildman–Crippen LogP) is 1.60. The number of carbonyl (C=O) groups excluding carboxylic acids is 1. The highest BCUT2D eigenvalue weighted by Gasteiger charge is 2.11. The number of benzene rings is 1. The van der Waals surface area contributed by atoms with E-state index in [4.69, 9.17) is 4.74 Å². The standard InChI is InChI=1S/C11H10N2O4/c14-11(17-6-5-13(15)16)10-7-8-3-1-2-4-9(8)12-10/h1-4,7,12H,5-6H2. The number of para-hydroxylation sites is 1. The molecule has 0 aliphatic heterocycles. The first-order valence-corrected chi connectivity index (χ1v) is 5.03. The van der Waals surface area contributed by atoms with Crippen LogP contribution in [0.25, 0.3) is 10.9 Å². The topological polar surface area (TPSA) is 85.2 Å². The van der Waals surface area contributed by atoms with E-state index in [1.165, 1.54) is 0 Å². The fraction of sp³-hybridized carbons (Fsp3) is 0.182. The Labute approximate surface area is 96.3 Å². The van der Waals surface area contributed by atoms with Gasteiger partial charge < -0.3 is 9.72 Å². The van der Waals surface area contributed by atoms with Crippen molar-refractivity contribution in [2.45, 2.75) is 0 Å². The normalized spacial score (nSPS) is 10.4. The summed E-state index contributed by atoms with van der Waals surface area (Å²) in [6.07, 6.45) is 0. The zero-order valence-corrected chi connectivity index (χ0v) is 8.88. The first kappa shape index (κ1) is 11.1. The highest BCUT2D eigenvalue weighted by Crippen LogP contribution is 2.15. The van der Waals surface area contributed by atoms with Crippen molar-refractivity contribution in [2.75, 3.05) is 13.2 Å². The summed E-state index contributed by atoms with van der Waals surface area (Å²) >= 11 is 0. The van der Waals surface area contributed by atoms with Crippen LogP contribution in [0.3, 0.4) is 0 Å². The molecule has 88 valence electrons. The van der Waals surface area contributed by atoms with Crippen molar-refractivity contribution in [1.82, 2.24) is 4.98 Å². The molecule has 0 saturated carbocycles. The van der Waals surface area contributed by atoms with Crippen molar-refractivity contribution < 1.29 is 14.5 Å². The van der Waals surface area contributed by atoms with E-state index in [0.717, 1.165) is 10.9 Å². The van der Waals surface area contributed by atoms with Gasteiger partial charge in [0, 0.05) is 15.8 Å². The third-order valence-corrected chi connectivity index (χ3v) is 2.26. The molecule has 0 unspecified atom stereocenters. The highest BCUT2D eigenvalue weighted by molar-refractivity contribution is 5.94. The number of nitro groups is 1. The van der Waals surface area contributed by atoms with Crippen LogP contribution < -0.4 is 0 Å². The van der Waals surface area contributed by atoms with Gasteiger partial charge in [-0.15, -0.1) is 0 Å². The molecule has 0 radical (unpaired) electrons. The molecule has 0 aliphatic carbocycles. The molecule has 0 amide bonds. The number of rotatable bonds is 4. The molecule has 2 rings (SSSR count). The van der Waals surface area contributed by atoms with Crippen molar-refractivity contribution in [3.8, 4) is 0 Å². The lowest BCUT2D eigenvalue weighted by Crippen LogP contribution is -2.13.